The van der Waals surface area contributed by atoms with Gasteiger partial charge in [-0.15, -0.1) is 0 Å². The van der Waals surface area contributed by atoms with Gasteiger partial charge in [-0.3, -0.25) is 9.59 Å². The number of nitrogens with zero attached hydrogens (tertiary/aromatic N) is 3. The lowest BCUT2D eigenvalue weighted by atomic mass is 9.91. The third-order valence-electron chi connectivity index (χ3n) is 4.36. The highest BCUT2D eigenvalue weighted by molar-refractivity contribution is 5.90. The fraction of sp³-hybridized carbons (Fsp3) is 0.667. The molecule has 6 heteroatoms. The number of aromatic nitrogens is 2. The molecule has 1 fully saturated rings. The molecule has 0 aromatic carbocycles. The van der Waals surface area contributed by atoms with Gasteiger partial charge in [-0.25, -0.2) is 9.97 Å². The first-order valence-electron chi connectivity index (χ1n) is 8.63. The average Bonchev–Trinajstić information content (AvgIpc) is 2.71. The highest BCUT2D eigenvalue weighted by Crippen LogP contribution is 2.24. The van der Waals surface area contributed by atoms with Crippen molar-refractivity contribution in [3.05, 3.63) is 23.8 Å². The van der Waals surface area contributed by atoms with E-state index >= 15 is 0 Å². The van der Waals surface area contributed by atoms with Crippen molar-refractivity contribution in [2.24, 2.45) is 17.1 Å². The highest BCUT2D eigenvalue weighted by Gasteiger charge is 2.24. The fourth-order valence-electron chi connectivity index (χ4n) is 3.12. The zero-order chi connectivity index (χ0) is 17.7. The molecule has 1 saturated heterocycles. The van der Waals surface area contributed by atoms with Crippen LogP contribution in [-0.4, -0.2) is 39.8 Å². The van der Waals surface area contributed by atoms with E-state index in [-0.39, 0.29) is 17.0 Å². The quantitative estimate of drug-likeness (QED) is 0.915. The van der Waals surface area contributed by atoms with Gasteiger partial charge in [0, 0.05) is 25.2 Å². The van der Waals surface area contributed by atoms with Crippen LogP contribution in [0.25, 0.3) is 0 Å². The van der Waals surface area contributed by atoms with E-state index in [0.717, 1.165) is 44.5 Å². The van der Waals surface area contributed by atoms with Gasteiger partial charge >= 0.3 is 0 Å². The van der Waals surface area contributed by atoms with Crippen molar-refractivity contribution < 1.29 is 9.59 Å². The van der Waals surface area contributed by atoms with Crippen LogP contribution >= 0.6 is 0 Å². The number of primary amides is 1. The third kappa shape index (κ3) is 5.58. The number of carbonyl (C=O) groups is 2. The summed E-state index contributed by atoms with van der Waals surface area (Å²) >= 11 is 0. The highest BCUT2D eigenvalue weighted by atomic mass is 16.2. The average molecular weight is 332 g/mol. The maximum absolute atomic E-state index is 12.4. The van der Waals surface area contributed by atoms with Crippen LogP contribution in [0.3, 0.4) is 0 Å². The minimum Gasteiger partial charge on any atom is -0.364 e. The van der Waals surface area contributed by atoms with E-state index in [9.17, 15) is 9.59 Å². The summed E-state index contributed by atoms with van der Waals surface area (Å²) in [5.74, 6) is 0.188. The molecule has 132 valence electrons. The zero-order valence-corrected chi connectivity index (χ0v) is 14.9. The van der Waals surface area contributed by atoms with E-state index in [2.05, 4.69) is 30.7 Å². The van der Waals surface area contributed by atoms with E-state index in [4.69, 9.17) is 5.73 Å². The number of carbonyl (C=O) groups excluding carboxylic acids is 2. The predicted octanol–water partition coefficient (Wildman–Crippen LogP) is 2.18. The molecule has 0 spiro atoms. The van der Waals surface area contributed by atoms with Gasteiger partial charge in [-0.1, -0.05) is 20.8 Å². The molecule has 0 bridgehead atoms. The van der Waals surface area contributed by atoms with Gasteiger partial charge in [-0.05, 0) is 43.1 Å². The molecule has 2 heterocycles. The monoisotopic (exact) mass is 332 g/mol. The first kappa shape index (κ1) is 18.4. The largest absolute Gasteiger partial charge is 0.364 e. The second kappa shape index (κ2) is 7.73. The summed E-state index contributed by atoms with van der Waals surface area (Å²) in [5, 5.41) is 0. The molecule has 1 atom stereocenters. The van der Waals surface area contributed by atoms with Crippen molar-refractivity contribution in [3.63, 3.8) is 0 Å². The Kier molecular flexibility index (Phi) is 5.91. The molecule has 2 rings (SSSR count). The molecule has 24 heavy (non-hydrogen) atoms. The molecule has 2 amide bonds. The molecule has 0 aliphatic carbocycles. The number of hydrogen-bond acceptors (Lipinski definition) is 4. The van der Waals surface area contributed by atoms with E-state index in [1.807, 2.05) is 4.90 Å². The normalized spacial score (nSPS) is 19.0. The molecule has 6 nitrogen and oxygen atoms in total. The lowest BCUT2D eigenvalue weighted by molar-refractivity contribution is -0.133. The van der Waals surface area contributed by atoms with Crippen LogP contribution in [0.1, 0.15) is 62.6 Å². The van der Waals surface area contributed by atoms with E-state index in [1.54, 1.807) is 6.07 Å². The maximum Gasteiger partial charge on any atom is 0.267 e. The molecule has 0 unspecified atom stereocenters. The van der Waals surface area contributed by atoms with Crippen molar-refractivity contribution in [2.45, 2.75) is 52.9 Å². The second-order valence-corrected chi connectivity index (χ2v) is 7.88. The second-order valence-electron chi connectivity index (χ2n) is 7.88. The minimum atomic E-state index is -0.529. The first-order chi connectivity index (χ1) is 11.2. The standard InChI is InChI=1S/C18H28N4O2/c1-18(2,3)11-16(23)22-7-4-5-13(6-8-22)9-14-10-15(17(19)24)21-12-20-14/h10,12-13H,4-9,11H2,1-3H3,(H2,19,24)/t13-/m0/s1. The summed E-state index contributed by atoms with van der Waals surface area (Å²) in [6.07, 6.45) is 5.82. The van der Waals surface area contributed by atoms with Crippen LogP contribution in [0.15, 0.2) is 12.4 Å². The van der Waals surface area contributed by atoms with Crippen LogP contribution < -0.4 is 5.73 Å². The van der Waals surface area contributed by atoms with Gasteiger partial charge in [0.25, 0.3) is 5.91 Å². The van der Waals surface area contributed by atoms with Gasteiger partial charge in [0.2, 0.25) is 5.91 Å². The topological polar surface area (TPSA) is 89.2 Å². The Balaban J connectivity index is 1.92. The minimum absolute atomic E-state index is 0.0227. The van der Waals surface area contributed by atoms with Gasteiger partial charge in [0.15, 0.2) is 0 Å². The molecule has 1 aliphatic rings. The van der Waals surface area contributed by atoms with E-state index < -0.39 is 5.91 Å². The SMILES string of the molecule is CC(C)(C)CC(=O)N1CCC[C@H](Cc2cc(C(N)=O)ncn2)CC1. The Morgan fingerprint density at radius 2 is 2.00 bits per heavy atom. The van der Waals surface area contributed by atoms with Crippen molar-refractivity contribution in [2.75, 3.05) is 13.1 Å². The molecule has 1 aromatic rings. The lowest BCUT2D eigenvalue weighted by Crippen LogP contribution is -2.34. The summed E-state index contributed by atoms with van der Waals surface area (Å²) in [6.45, 7) is 7.92. The molecular weight excluding hydrogens is 304 g/mol. The number of nitrogens with two attached hydrogens (primary N) is 1. The third-order valence-corrected chi connectivity index (χ3v) is 4.36. The fourth-order valence-corrected chi connectivity index (χ4v) is 3.12. The molecule has 2 N–H and O–H groups in total. The summed E-state index contributed by atoms with van der Waals surface area (Å²) in [7, 11) is 0. The Labute approximate surface area is 143 Å². The molecule has 1 aromatic heterocycles. The molecule has 1 aliphatic heterocycles. The Morgan fingerprint density at radius 3 is 2.67 bits per heavy atom. The van der Waals surface area contributed by atoms with Gasteiger partial charge in [0.05, 0.1) is 0 Å². The van der Waals surface area contributed by atoms with Gasteiger partial charge in [-0.2, -0.15) is 0 Å². The molecular formula is C18H28N4O2. The Hall–Kier alpha value is -1.98. The van der Waals surface area contributed by atoms with Crippen LogP contribution in [0.5, 0.6) is 0 Å². The van der Waals surface area contributed by atoms with Crippen molar-refractivity contribution in [1.82, 2.24) is 14.9 Å². The van der Waals surface area contributed by atoms with Crippen LogP contribution in [0.4, 0.5) is 0 Å². The van der Waals surface area contributed by atoms with Crippen molar-refractivity contribution in [1.29, 1.82) is 0 Å². The van der Waals surface area contributed by atoms with Gasteiger partial charge in [0.1, 0.15) is 12.0 Å². The van der Waals surface area contributed by atoms with Crippen molar-refractivity contribution in [3.8, 4) is 0 Å². The van der Waals surface area contributed by atoms with E-state index in [1.165, 1.54) is 6.33 Å². The molecule has 0 radical (unpaired) electrons. The van der Waals surface area contributed by atoms with Crippen molar-refractivity contribution >= 4 is 11.8 Å². The van der Waals surface area contributed by atoms with E-state index in [0.29, 0.717) is 12.3 Å². The number of amides is 2. The van der Waals surface area contributed by atoms with Gasteiger partial charge < -0.3 is 10.6 Å². The summed E-state index contributed by atoms with van der Waals surface area (Å²) in [4.78, 5) is 33.8. The number of rotatable bonds is 4. The first-order valence-corrected chi connectivity index (χ1v) is 8.63. The Bertz CT molecular complexity index is 595. The Morgan fingerprint density at radius 1 is 1.25 bits per heavy atom. The smallest absolute Gasteiger partial charge is 0.267 e. The lowest BCUT2D eigenvalue weighted by Gasteiger charge is -2.25. The molecule has 0 saturated carbocycles. The summed E-state index contributed by atoms with van der Waals surface area (Å²) in [5.41, 5.74) is 6.40. The number of hydrogen-bond donors (Lipinski definition) is 1. The summed E-state index contributed by atoms with van der Waals surface area (Å²) < 4.78 is 0. The van der Waals surface area contributed by atoms with Crippen LogP contribution in [0, 0.1) is 11.3 Å². The van der Waals surface area contributed by atoms with Crippen LogP contribution in [0.2, 0.25) is 0 Å². The maximum atomic E-state index is 12.4. The number of likely N-dealkylation sites (tertiary alicyclic amines) is 1. The zero-order valence-electron chi connectivity index (χ0n) is 14.9. The predicted molar refractivity (Wildman–Crippen MR) is 92.2 cm³/mol. The summed E-state index contributed by atoms with van der Waals surface area (Å²) in [6, 6.07) is 1.68. The van der Waals surface area contributed by atoms with Crippen LogP contribution in [-0.2, 0) is 11.2 Å².